The number of thiazole rings is 2. The Balaban J connectivity index is 1.27. The van der Waals surface area contributed by atoms with E-state index in [1.165, 1.54) is 20.4 Å². The maximum atomic E-state index is 5.61. The van der Waals surface area contributed by atoms with Gasteiger partial charge in [0.1, 0.15) is 0 Å². The predicted molar refractivity (Wildman–Crippen MR) is 124 cm³/mol. The third-order valence-corrected chi connectivity index (χ3v) is 8.16. The number of nitrogens with zero attached hydrogens (tertiary/aromatic N) is 4. The summed E-state index contributed by atoms with van der Waals surface area (Å²) >= 11 is 14.6. The molecule has 144 valence electrons. The predicted octanol–water partition coefficient (Wildman–Crippen LogP) is 5.41. The molecule has 1 fully saturated rings. The average Bonchev–Trinajstić information content (AvgIpc) is 3.20. The highest BCUT2D eigenvalue weighted by atomic mass is 32.2. The third kappa shape index (κ3) is 3.49. The lowest BCUT2D eigenvalue weighted by atomic mass is 10.3. The van der Waals surface area contributed by atoms with Gasteiger partial charge in [-0.3, -0.25) is 9.80 Å². The third-order valence-electron chi connectivity index (χ3n) is 5.30. The summed E-state index contributed by atoms with van der Waals surface area (Å²) in [5.74, 6) is 0. The fourth-order valence-electron chi connectivity index (χ4n) is 3.77. The van der Waals surface area contributed by atoms with Gasteiger partial charge in [0.05, 0.1) is 33.8 Å². The van der Waals surface area contributed by atoms with Crippen LogP contribution in [0.1, 0.15) is 0 Å². The standard InChI is InChI=1S/C20H20N4S4/c25-19-23(15-5-1-3-7-17(15)27-19)13-21-9-11-22(12-10-21)14-24-16-6-2-4-8-18(16)28-20(24)26/h1-8H,9-14H2. The van der Waals surface area contributed by atoms with Crippen LogP contribution < -0.4 is 0 Å². The quantitative estimate of drug-likeness (QED) is 0.391. The van der Waals surface area contributed by atoms with Gasteiger partial charge in [0, 0.05) is 26.2 Å². The van der Waals surface area contributed by atoms with Gasteiger partial charge in [0.25, 0.3) is 0 Å². The molecule has 1 aliphatic rings. The number of aromatic nitrogens is 2. The number of piperazine rings is 1. The van der Waals surface area contributed by atoms with E-state index >= 15 is 0 Å². The molecule has 5 rings (SSSR count). The molecule has 1 saturated heterocycles. The van der Waals surface area contributed by atoms with Crippen LogP contribution in [0.5, 0.6) is 0 Å². The number of rotatable bonds is 4. The van der Waals surface area contributed by atoms with Crippen molar-refractivity contribution in [1.82, 2.24) is 18.9 Å². The summed E-state index contributed by atoms with van der Waals surface area (Å²) in [5.41, 5.74) is 2.49. The molecule has 0 atom stereocenters. The van der Waals surface area contributed by atoms with Crippen LogP contribution in [0.4, 0.5) is 0 Å². The first-order valence-corrected chi connectivity index (χ1v) is 11.8. The fraction of sp³-hybridized carbons (Fsp3) is 0.300. The first-order valence-electron chi connectivity index (χ1n) is 9.30. The first-order chi connectivity index (χ1) is 13.7. The van der Waals surface area contributed by atoms with E-state index in [1.807, 2.05) is 0 Å². The zero-order valence-corrected chi connectivity index (χ0v) is 18.5. The van der Waals surface area contributed by atoms with Crippen molar-refractivity contribution in [2.45, 2.75) is 13.3 Å². The van der Waals surface area contributed by atoms with Crippen LogP contribution in [0, 0.1) is 7.91 Å². The number of benzene rings is 2. The molecule has 3 heterocycles. The maximum absolute atomic E-state index is 5.61. The Labute approximate surface area is 181 Å². The van der Waals surface area contributed by atoms with Crippen molar-refractivity contribution >= 4 is 67.5 Å². The van der Waals surface area contributed by atoms with Gasteiger partial charge in [0.15, 0.2) is 7.91 Å². The molecule has 8 heteroatoms. The monoisotopic (exact) mass is 444 g/mol. The summed E-state index contributed by atoms with van der Waals surface area (Å²) in [4.78, 5) is 4.99. The van der Waals surface area contributed by atoms with E-state index in [2.05, 4.69) is 67.5 Å². The molecule has 0 unspecified atom stereocenters. The van der Waals surface area contributed by atoms with E-state index in [1.54, 1.807) is 22.7 Å². The Morgan fingerprint density at radius 1 is 0.643 bits per heavy atom. The van der Waals surface area contributed by atoms with E-state index in [-0.39, 0.29) is 0 Å². The van der Waals surface area contributed by atoms with Crippen molar-refractivity contribution in [2.24, 2.45) is 0 Å². The number of hydrogen-bond donors (Lipinski definition) is 0. The van der Waals surface area contributed by atoms with Gasteiger partial charge in [-0.05, 0) is 48.7 Å². The minimum Gasteiger partial charge on any atom is -0.309 e. The zero-order chi connectivity index (χ0) is 19.1. The first kappa shape index (κ1) is 18.6. The van der Waals surface area contributed by atoms with E-state index in [9.17, 15) is 0 Å². The Morgan fingerprint density at radius 3 is 1.46 bits per heavy atom. The average molecular weight is 445 g/mol. The van der Waals surface area contributed by atoms with Gasteiger partial charge in [0.2, 0.25) is 0 Å². The minimum absolute atomic E-state index is 0.873. The second-order valence-electron chi connectivity index (χ2n) is 7.05. The van der Waals surface area contributed by atoms with Crippen LogP contribution in [0.2, 0.25) is 0 Å². The molecular weight excluding hydrogens is 425 g/mol. The molecule has 4 aromatic rings. The van der Waals surface area contributed by atoms with Gasteiger partial charge in [-0.15, -0.1) is 22.7 Å². The van der Waals surface area contributed by atoms with Crippen molar-refractivity contribution in [3.8, 4) is 0 Å². The molecule has 0 bridgehead atoms. The highest BCUT2D eigenvalue weighted by Gasteiger charge is 2.19. The Kier molecular flexibility index (Phi) is 5.17. The lowest BCUT2D eigenvalue weighted by molar-refractivity contribution is 0.0892. The number of hydrogen-bond acceptors (Lipinski definition) is 6. The smallest absolute Gasteiger partial charge is 0.163 e. The largest absolute Gasteiger partial charge is 0.309 e. The molecule has 2 aromatic heterocycles. The summed E-state index contributed by atoms with van der Waals surface area (Å²) in [6.07, 6.45) is 0. The van der Waals surface area contributed by atoms with Crippen LogP contribution >= 0.6 is 47.1 Å². The summed E-state index contributed by atoms with van der Waals surface area (Å²) in [6.45, 7) is 5.92. The lowest BCUT2D eigenvalue weighted by Gasteiger charge is -2.35. The fourth-order valence-corrected chi connectivity index (χ4v) is 6.39. The molecule has 0 spiro atoms. The van der Waals surface area contributed by atoms with Gasteiger partial charge in [-0.25, -0.2) is 0 Å². The summed E-state index contributed by atoms with van der Waals surface area (Å²) in [6, 6.07) is 17.0. The molecule has 2 aromatic carbocycles. The molecule has 0 aliphatic carbocycles. The Morgan fingerprint density at radius 2 is 1.04 bits per heavy atom. The van der Waals surface area contributed by atoms with Crippen molar-refractivity contribution < 1.29 is 0 Å². The van der Waals surface area contributed by atoms with Crippen LogP contribution in [-0.4, -0.2) is 45.1 Å². The van der Waals surface area contributed by atoms with Crippen molar-refractivity contribution in [1.29, 1.82) is 0 Å². The van der Waals surface area contributed by atoms with Crippen LogP contribution in [-0.2, 0) is 13.3 Å². The van der Waals surface area contributed by atoms with Gasteiger partial charge in [-0.2, -0.15) is 0 Å². The summed E-state index contributed by atoms with van der Waals surface area (Å²) < 4.78 is 9.00. The molecule has 28 heavy (non-hydrogen) atoms. The van der Waals surface area contributed by atoms with E-state index in [0.29, 0.717) is 0 Å². The molecule has 4 nitrogen and oxygen atoms in total. The highest BCUT2D eigenvalue weighted by molar-refractivity contribution is 7.74. The van der Waals surface area contributed by atoms with Crippen LogP contribution in [0.25, 0.3) is 20.4 Å². The SMILES string of the molecule is S=c1sc2ccccc2n1CN1CCN(Cn2c(=S)sc3ccccc32)CC1. The molecule has 0 N–H and O–H groups in total. The Hall–Kier alpha value is -1.42. The lowest BCUT2D eigenvalue weighted by Crippen LogP contribution is -2.47. The number of para-hydroxylation sites is 2. The normalized spacial score (nSPS) is 16.3. The van der Waals surface area contributed by atoms with Crippen molar-refractivity contribution in [3.63, 3.8) is 0 Å². The van der Waals surface area contributed by atoms with Crippen molar-refractivity contribution in [3.05, 3.63) is 56.4 Å². The maximum Gasteiger partial charge on any atom is 0.163 e. The molecule has 1 aliphatic heterocycles. The zero-order valence-electron chi connectivity index (χ0n) is 15.3. The minimum atomic E-state index is 0.873. The molecule has 0 saturated carbocycles. The van der Waals surface area contributed by atoms with Crippen molar-refractivity contribution in [2.75, 3.05) is 26.2 Å². The molecule has 0 amide bonds. The molecule has 0 radical (unpaired) electrons. The summed E-state index contributed by atoms with van der Waals surface area (Å²) in [7, 11) is 0. The van der Waals surface area contributed by atoms with Gasteiger partial charge in [-0.1, -0.05) is 24.3 Å². The van der Waals surface area contributed by atoms with Gasteiger partial charge >= 0.3 is 0 Å². The van der Waals surface area contributed by atoms with Crippen LogP contribution in [0.3, 0.4) is 0 Å². The van der Waals surface area contributed by atoms with E-state index in [4.69, 9.17) is 24.4 Å². The highest BCUT2D eigenvalue weighted by Crippen LogP contribution is 2.25. The van der Waals surface area contributed by atoms with Crippen LogP contribution in [0.15, 0.2) is 48.5 Å². The molecular formula is C20H20N4S4. The summed E-state index contributed by atoms with van der Waals surface area (Å²) in [5, 5.41) is 0. The van der Waals surface area contributed by atoms with E-state index < -0.39 is 0 Å². The van der Waals surface area contributed by atoms with E-state index in [0.717, 1.165) is 47.4 Å². The topological polar surface area (TPSA) is 16.3 Å². The number of fused-ring (bicyclic) bond motifs is 2. The second kappa shape index (κ2) is 7.78. The van der Waals surface area contributed by atoms with Gasteiger partial charge < -0.3 is 9.13 Å². The Bertz CT molecular complexity index is 1140. The second-order valence-corrected chi connectivity index (χ2v) is 10.4.